The van der Waals surface area contributed by atoms with Crippen LogP contribution in [0.2, 0.25) is 0 Å². The van der Waals surface area contributed by atoms with Gasteiger partial charge in [-0.25, -0.2) is 8.42 Å². The second kappa shape index (κ2) is 7.62. The fourth-order valence-corrected chi connectivity index (χ4v) is 2.55. The number of rotatable bonds is 8. The molecule has 0 aromatic carbocycles. The van der Waals surface area contributed by atoms with Crippen LogP contribution in [-0.2, 0) is 19.6 Å². The van der Waals surface area contributed by atoms with E-state index in [4.69, 9.17) is 10.5 Å². The zero-order valence-electron chi connectivity index (χ0n) is 10.7. The molecule has 0 radical (unpaired) electrons. The third-order valence-electron chi connectivity index (χ3n) is 2.28. The van der Waals surface area contributed by atoms with Crippen molar-refractivity contribution in [2.45, 2.75) is 12.2 Å². The molecule has 0 bridgehead atoms. The SMILES string of the molecule is COCCNC(=O)CN(C)S(=O)(=O)C(C)C(N)=S. The van der Waals surface area contributed by atoms with E-state index in [2.05, 4.69) is 17.5 Å². The molecule has 106 valence electrons. The van der Waals surface area contributed by atoms with Crippen LogP contribution in [0.3, 0.4) is 0 Å². The Morgan fingerprint density at radius 1 is 1.56 bits per heavy atom. The summed E-state index contributed by atoms with van der Waals surface area (Å²) in [5.74, 6) is -0.409. The van der Waals surface area contributed by atoms with Crippen molar-refractivity contribution in [2.24, 2.45) is 5.73 Å². The van der Waals surface area contributed by atoms with Gasteiger partial charge in [0.25, 0.3) is 0 Å². The Balaban J connectivity index is 4.44. The molecule has 0 aliphatic heterocycles. The van der Waals surface area contributed by atoms with E-state index in [0.29, 0.717) is 13.2 Å². The highest BCUT2D eigenvalue weighted by atomic mass is 32.2. The van der Waals surface area contributed by atoms with Crippen molar-refractivity contribution >= 4 is 33.1 Å². The van der Waals surface area contributed by atoms with E-state index in [-0.39, 0.29) is 11.5 Å². The lowest BCUT2D eigenvalue weighted by molar-refractivity contribution is -0.121. The van der Waals surface area contributed by atoms with Crippen molar-refractivity contribution in [1.82, 2.24) is 9.62 Å². The van der Waals surface area contributed by atoms with Crippen LogP contribution < -0.4 is 11.1 Å². The second-order valence-electron chi connectivity index (χ2n) is 3.69. The summed E-state index contributed by atoms with van der Waals surface area (Å²) in [4.78, 5) is 11.3. The zero-order valence-corrected chi connectivity index (χ0v) is 12.3. The predicted molar refractivity (Wildman–Crippen MR) is 72.7 cm³/mol. The van der Waals surface area contributed by atoms with E-state index in [9.17, 15) is 13.2 Å². The van der Waals surface area contributed by atoms with E-state index in [1.165, 1.54) is 21.1 Å². The average Bonchev–Trinajstić information content (AvgIpc) is 2.27. The van der Waals surface area contributed by atoms with Gasteiger partial charge in [-0.1, -0.05) is 12.2 Å². The van der Waals surface area contributed by atoms with Crippen molar-refractivity contribution in [3.8, 4) is 0 Å². The van der Waals surface area contributed by atoms with Gasteiger partial charge < -0.3 is 15.8 Å². The van der Waals surface area contributed by atoms with Gasteiger partial charge in [-0.05, 0) is 6.92 Å². The number of ether oxygens (including phenoxy) is 1. The maximum absolute atomic E-state index is 11.9. The Morgan fingerprint density at radius 3 is 2.56 bits per heavy atom. The van der Waals surface area contributed by atoms with E-state index >= 15 is 0 Å². The van der Waals surface area contributed by atoms with Crippen LogP contribution in [0.4, 0.5) is 0 Å². The Kier molecular flexibility index (Phi) is 7.29. The molecule has 0 rings (SSSR count). The lowest BCUT2D eigenvalue weighted by Gasteiger charge is -2.20. The second-order valence-corrected chi connectivity index (χ2v) is 6.52. The molecule has 9 heteroatoms. The maximum atomic E-state index is 11.9. The summed E-state index contributed by atoms with van der Waals surface area (Å²) in [5.41, 5.74) is 5.30. The van der Waals surface area contributed by atoms with Crippen LogP contribution in [0, 0.1) is 0 Å². The standard InChI is InChI=1S/C9H19N3O4S2/c1-7(9(10)17)18(14,15)12(2)6-8(13)11-4-5-16-3/h7H,4-6H2,1-3H3,(H2,10,17)(H,11,13). The first kappa shape index (κ1) is 17.2. The Labute approximate surface area is 113 Å². The van der Waals surface area contributed by atoms with Crippen molar-refractivity contribution in [2.75, 3.05) is 33.9 Å². The van der Waals surface area contributed by atoms with Gasteiger partial charge in [0.1, 0.15) is 5.25 Å². The van der Waals surface area contributed by atoms with Gasteiger partial charge >= 0.3 is 0 Å². The molecule has 0 spiro atoms. The zero-order chi connectivity index (χ0) is 14.3. The fourth-order valence-electron chi connectivity index (χ4n) is 1.06. The molecular weight excluding hydrogens is 278 g/mol. The first-order chi connectivity index (χ1) is 8.23. The number of methoxy groups -OCH3 is 1. The van der Waals surface area contributed by atoms with Gasteiger partial charge in [0.2, 0.25) is 15.9 Å². The highest BCUT2D eigenvalue weighted by Gasteiger charge is 2.29. The Hall–Kier alpha value is -0.770. The van der Waals surface area contributed by atoms with Crippen molar-refractivity contribution in [3.63, 3.8) is 0 Å². The number of carbonyl (C=O) groups excluding carboxylic acids is 1. The molecule has 7 nitrogen and oxygen atoms in total. The van der Waals surface area contributed by atoms with E-state index in [1.54, 1.807) is 0 Å². The van der Waals surface area contributed by atoms with Crippen molar-refractivity contribution < 1.29 is 17.9 Å². The molecule has 0 aliphatic rings. The third-order valence-corrected chi connectivity index (χ3v) is 4.92. The highest BCUT2D eigenvalue weighted by molar-refractivity contribution is 7.92. The number of carbonyl (C=O) groups is 1. The van der Waals surface area contributed by atoms with Crippen LogP contribution in [0.15, 0.2) is 0 Å². The van der Waals surface area contributed by atoms with E-state index < -0.39 is 21.2 Å². The summed E-state index contributed by atoms with van der Waals surface area (Å²) >= 11 is 4.64. The molecule has 0 aromatic rings. The minimum absolute atomic E-state index is 0.123. The molecule has 0 saturated heterocycles. The first-order valence-electron chi connectivity index (χ1n) is 5.23. The molecule has 0 saturated carbocycles. The molecule has 0 fully saturated rings. The van der Waals surface area contributed by atoms with Gasteiger partial charge in [0.15, 0.2) is 0 Å². The first-order valence-corrected chi connectivity index (χ1v) is 7.14. The number of hydrogen-bond donors (Lipinski definition) is 2. The molecular formula is C9H19N3O4S2. The molecule has 1 unspecified atom stereocenters. The summed E-state index contributed by atoms with van der Waals surface area (Å²) < 4.78 is 29.5. The monoisotopic (exact) mass is 297 g/mol. The number of hydrogen-bond acceptors (Lipinski definition) is 5. The topological polar surface area (TPSA) is 102 Å². The Bertz CT molecular complexity index is 397. The summed E-state index contributed by atoms with van der Waals surface area (Å²) in [6.45, 7) is 1.80. The molecule has 3 N–H and O–H groups in total. The quantitative estimate of drug-likeness (QED) is 0.426. The Morgan fingerprint density at radius 2 is 2.11 bits per heavy atom. The minimum Gasteiger partial charge on any atom is -0.392 e. The molecule has 0 heterocycles. The smallest absolute Gasteiger partial charge is 0.235 e. The predicted octanol–water partition coefficient (Wildman–Crippen LogP) is -1.31. The van der Waals surface area contributed by atoms with E-state index in [1.807, 2.05) is 0 Å². The van der Waals surface area contributed by atoms with Gasteiger partial charge in [0.05, 0.1) is 18.1 Å². The number of nitrogens with two attached hydrogens (primary N) is 1. The van der Waals surface area contributed by atoms with Crippen LogP contribution in [0.25, 0.3) is 0 Å². The summed E-state index contributed by atoms with van der Waals surface area (Å²) in [6, 6.07) is 0. The van der Waals surface area contributed by atoms with Crippen molar-refractivity contribution in [3.05, 3.63) is 0 Å². The van der Waals surface area contributed by atoms with Gasteiger partial charge in [0, 0.05) is 20.7 Å². The minimum atomic E-state index is -3.69. The average molecular weight is 297 g/mol. The number of thiocarbonyl (C=S) groups is 1. The van der Waals surface area contributed by atoms with Gasteiger partial charge in [-0.2, -0.15) is 4.31 Å². The largest absolute Gasteiger partial charge is 0.392 e. The maximum Gasteiger partial charge on any atom is 0.235 e. The highest BCUT2D eigenvalue weighted by Crippen LogP contribution is 2.06. The van der Waals surface area contributed by atoms with Gasteiger partial charge in [-0.3, -0.25) is 4.79 Å². The van der Waals surface area contributed by atoms with Crippen LogP contribution >= 0.6 is 12.2 Å². The normalized spacial score (nSPS) is 13.3. The molecule has 1 atom stereocenters. The van der Waals surface area contributed by atoms with Crippen LogP contribution in [-0.4, -0.2) is 62.7 Å². The van der Waals surface area contributed by atoms with E-state index in [0.717, 1.165) is 4.31 Å². The van der Waals surface area contributed by atoms with Crippen LogP contribution in [0.5, 0.6) is 0 Å². The number of sulfonamides is 1. The lowest BCUT2D eigenvalue weighted by Crippen LogP contribution is -2.45. The lowest BCUT2D eigenvalue weighted by atomic mass is 10.5. The summed E-state index contributed by atoms with van der Waals surface area (Å²) in [5, 5.41) is 1.52. The van der Waals surface area contributed by atoms with Crippen LogP contribution in [0.1, 0.15) is 6.92 Å². The number of amides is 1. The molecule has 0 aromatic heterocycles. The number of nitrogens with zero attached hydrogens (tertiary/aromatic N) is 1. The number of nitrogens with one attached hydrogen (secondary N) is 1. The molecule has 18 heavy (non-hydrogen) atoms. The summed E-state index contributed by atoms with van der Waals surface area (Å²) in [7, 11) is -0.877. The molecule has 1 amide bonds. The number of likely N-dealkylation sites (N-methyl/N-ethyl adjacent to an activating group) is 1. The summed E-state index contributed by atoms with van der Waals surface area (Å²) in [6.07, 6.45) is 0. The van der Waals surface area contributed by atoms with Gasteiger partial charge in [-0.15, -0.1) is 0 Å². The third kappa shape index (κ3) is 5.25. The fraction of sp³-hybridized carbons (Fsp3) is 0.778. The van der Waals surface area contributed by atoms with Crippen molar-refractivity contribution in [1.29, 1.82) is 0 Å². The molecule has 0 aliphatic carbocycles.